The first kappa shape index (κ1) is 20.2. The van der Waals surface area contributed by atoms with Crippen LogP contribution in [0.3, 0.4) is 0 Å². The molecule has 1 N–H and O–H groups in total. The number of carbonyl (C=O) groups is 3. The molecular formula is C15H27NO6. The fourth-order valence-electron chi connectivity index (χ4n) is 1.24. The Morgan fingerprint density at radius 2 is 1.55 bits per heavy atom. The third-order valence-corrected chi connectivity index (χ3v) is 2.34. The molecule has 0 aliphatic rings. The Balaban J connectivity index is 4.19. The number of hydrogen-bond donors (Lipinski definition) is 1. The van der Waals surface area contributed by atoms with E-state index in [9.17, 15) is 14.4 Å². The molecular weight excluding hydrogens is 290 g/mol. The molecule has 0 rings (SSSR count). The number of esters is 2. The summed E-state index contributed by atoms with van der Waals surface area (Å²) in [6.07, 6.45) is -1.30. The van der Waals surface area contributed by atoms with Crippen molar-refractivity contribution in [3.05, 3.63) is 0 Å². The zero-order valence-electron chi connectivity index (χ0n) is 14.4. The van der Waals surface area contributed by atoms with Crippen LogP contribution in [0, 0.1) is 5.92 Å². The van der Waals surface area contributed by atoms with Gasteiger partial charge in [0.1, 0.15) is 24.4 Å². The summed E-state index contributed by atoms with van der Waals surface area (Å²) in [4.78, 5) is 34.6. The molecule has 0 aliphatic heterocycles. The van der Waals surface area contributed by atoms with Gasteiger partial charge in [-0.25, -0.2) is 9.59 Å². The van der Waals surface area contributed by atoms with Crippen LogP contribution in [0.25, 0.3) is 0 Å². The van der Waals surface area contributed by atoms with Gasteiger partial charge in [0.2, 0.25) is 0 Å². The van der Waals surface area contributed by atoms with Gasteiger partial charge in [-0.05, 0) is 34.6 Å². The Hall–Kier alpha value is -1.79. The molecule has 7 nitrogen and oxygen atoms in total. The standard InChI is InChI=1S/C15H27NO6/c1-9(2)12(17)20-8-10(3)21-13(18)11(4)16-14(19)22-15(5,6)7/h9-11H,8H2,1-7H3,(H,16,19)/t10-,11-/m0/s1. The van der Waals surface area contributed by atoms with Crippen LogP contribution in [0.2, 0.25) is 0 Å². The highest BCUT2D eigenvalue weighted by Gasteiger charge is 2.23. The highest BCUT2D eigenvalue weighted by Crippen LogP contribution is 2.07. The summed E-state index contributed by atoms with van der Waals surface area (Å²) in [5.41, 5.74) is -0.647. The molecule has 0 aromatic carbocycles. The van der Waals surface area contributed by atoms with Gasteiger partial charge in [-0.3, -0.25) is 4.79 Å². The number of nitrogens with one attached hydrogen (secondary N) is 1. The van der Waals surface area contributed by atoms with Gasteiger partial charge in [-0.15, -0.1) is 0 Å². The van der Waals surface area contributed by atoms with Crippen molar-refractivity contribution in [3.63, 3.8) is 0 Å². The van der Waals surface area contributed by atoms with E-state index in [2.05, 4.69) is 5.32 Å². The van der Waals surface area contributed by atoms with E-state index in [1.165, 1.54) is 6.92 Å². The highest BCUT2D eigenvalue weighted by atomic mass is 16.6. The normalized spacial score (nSPS) is 14.0. The van der Waals surface area contributed by atoms with Gasteiger partial charge < -0.3 is 19.5 Å². The third-order valence-electron chi connectivity index (χ3n) is 2.34. The lowest BCUT2D eigenvalue weighted by atomic mass is 10.2. The number of carbonyl (C=O) groups excluding carboxylic acids is 3. The average Bonchev–Trinajstić information content (AvgIpc) is 2.32. The topological polar surface area (TPSA) is 90.9 Å². The molecule has 2 atom stereocenters. The Bertz CT molecular complexity index is 399. The second kappa shape index (κ2) is 8.60. The predicted octanol–water partition coefficient (Wildman–Crippen LogP) is 2.03. The van der Waals surface area contributed by atoms with E-state index >= 15 is 0 Å². The molecule has 0 unspecified atom stereocenters. The van der Waals surface area contributed by atoms with Gasteiger partial charge in [-0.2, -0.15) is 0 Å². The first-order valence-corrected chi connectivity index (χ1v) is 7.29. The summed E-state index contributed by atoms with van der Waals surface area (Å²) in [6, 6.07) is -0.863. The highest BCUT2D eigenvalue weighted by molar-refractivity contribution is 5.81. The van der Waals surface area contributed by atoms with Gasteiger partial charge >= 0.3 is 18.0 Å². The van der Waals surface area contributed by atoms with Crippen LogP contribution in [0.5, 0.6) is 0 Å². The third kappa shape index (κ3) is 9.20. The summed E-state index contributed by atoms with van der Waals surface area (Å²) >= 11 is 0. The molecule has 22 heavy (non-hydrogen) atoms. The summed E-state index contributed by atoms with van der Waals surface area (Å²) in [5, 5.41) is 2.38. The molecule has 0 aromatic rings. The first-order valence-electron chi connectivity index (χ1n) is 7.29. The van der Waals surface area contributed by atoms with E-state index in [1.807, 2.05) is 0 Å². The Morgan fingerprint density at radius 1 is 1.00 bits per heavy atom. The SMILES string of the molecule is CC(C)C(=O)OC[C@H](C)OC(=O)[C@H](C)NC(=O)OC(C)(C)C. The average molecular weight is 317 g/mol. The molecule has 0 saturated heterocycles. The maximum absolute atomic E-state index is 11.8. The smallest absolute Gasteiger partial charge is 0.408 e. The molecule has 0 radical (unpaired) electrons. The minimum Gasteiger partial charge on any atom is -0.462 e. The zero-order chi connectivity index (χ0) is 17.5. The molecule has 0 saturated carbocycles. The number of ether oxygens (including phenoxy) is 3. The number of hydrogen-bond acceptors (Lipinski definition) is 6. The van der Waals surface area contributed by atoms with Crippen molar-refractivity contribution in [2.24, 2.45) is 5.92 Å². The fraction of sp³-hybridized carbons (Fsp3) is 0.800. The van der Waals surface area contributed by atoms with Crippen LogP contribution in [-0.4, -0.2) is 42.4 Å². The van der Waals surface area contributed by atoms with Crippen molar-refractivity contribution in [2.45, 2.75) is 66.2 Å². The van der Waals surface area contributed by atoms with E-state index in [-0.39, 0.29) is 18.5 Å². The van der Waals surface area contributed by atoms with Gasteiger partial charge in [-0.1, -0.05) is 13.8 Å². The van der Waals surface area contributed by atoms with Crippen LogP contribution < -0.4 is 5.32 Å². The molecule has 0 bridgehead atoms. The van der Waals surface area contributed by atoms with Crippen molar-refractivity contribution in [3.8, 4) is 0 Å². The fourth-order valence-corrected chi connectivity index (χ4v) is 1.24. The van der Waals surface area contributed by atoms with E-state index in [1.54, 1.807) is 41.5 Å². The van der Waals surface area contributed by atoms with Crippen LogP contribution in [-0.2, 0) is 23.8 Å². The van der Waals surface area contributed by atoms with Crippen LogP contribution >= 0.6 is 0 Å². The molecule has 0 aliphatic carbocycles. The van der Waals surface area contributed by atoms with E-state index < -0.39 is 29.8 Å². The summed E-state index contributed by atoms with van der Waals surface area (Å²) in [7, 11) is 0. The van der Waals surface area contributed by atoms with Crippen molar-refractivity contribution < 1.29 is 28.6 Å². The summed E-state index contributed by atoms with van der Waals surface area (Å²) in [6.45, 7) is 11.7. The molecule has 7 heteroatoms. The van der Waals surface area contributed by atoms with E-state index in [4.69, 9.17) is 14.2 Å². The van der Waals surface area contributed by atoms with E-state index in [0.29, 0.717) is 0 Å². The van der Waals surface area contributed by atoms with Gasteiger partial charge in [0.25, 0.3) is 0 Å². The number of amides is 1. The van der Waals surface area contributed by atoms with Crippen molar-refractivity contribution in [2.75, 3.05) is 6.61 Å². The minimum atomic E-state index is -0.863. The second-order valence-electron chi connectivity index (χ2n) is 6.40. The lowest BCUT2D eigenvalue weighted by Gasteiger charge is -2.22. The predicted molar refractivity (Wildman–Crippen MR) is 80.2 cm³/mol. The molecule has 0 heterocycles. The van der Waals surface area contributed by atoms with Crippen molar-refractivity contribution >= 4 is 18.0 Å². The van der Waals surface area contributed by atoms with Crippen LogP contribution in [0.1, 0.15) is 48.5 Å². The van der Waals surface area contributed by atoms with Gasteiger partial charge in [0, 0.05) is 0 Å². The zero-order valence-corrected chi connectivity index (χ0v) is 14.4. The van der Waals surface area contributed by atoms with Gasteiger partial charge in [0.15, 0.2) is 0 Å². The van der Waals surface area contributed by atoms with E-state index in [0.717, 1.165) is 0 Å². The van der Waals surface area contributed by atoms with Crippen LogP contribution in [0.15, 0.2) is 0 Å². The first-order chi connectivity index (χ1) is 9.92. The second-order valence-corrected chi connectivity index (χ2v) is 6.40. The molecule has 0 fully saturated rings. The summed E-state index contributed by atoms with van der Waals surface area (Å²) < 4.78 is 15.1. The maximum Gasteiger partial charge on any atom is 0.408 e. The Labute approximate surface area is 131 Å². The molecule has 128 valence electrons. The monoisotopic (exact) mass is 317 g/mol. The minimum absolute atomic E-state index is 0.0259. The number of alkyl carbamates (subject to hydrolysis) is 1. The molecule has 1 amide bonds. The van der Waals surface area contributed by atoms with Crippen molar-refractivity contribution in [1.29, 1.82) is 0 Å². The quantitative estimate of drug-likeness (QED) is 0.595. The van der Waals surface area contributed by atoms with Crippen LogP contribution in [0.4, 0.5) is 4.79 Å². The number of rotatable bonds is 6. The lowest BCUT2D eigenvalue weighted by Crippen LogP contribution is -2.43. The largest absolute Gasteiger partial charge is 0.462 e. The molecule has 0 spiro atoms. The van der Waals surface area contributed by atoms with Gasteiger partial charge in [0.05, 0.1) is 5.92 Å². The summed E-state index contributed by atoms with van der Waals surface area (Å²) in [5.74, 6) is -1.22. The Kier molecular flexibility index (Phi) is 7.90. The Morgan fingerprint density at radius 3 is 2.00 bits per heavy atom. The lowest BCUT2D eigenvalue weighted by molar-refractivity contribution is -0.160. The van der Waals surface area contributed by atoms with Crippen molar-refractivity contribution in [1.82, 2.24) is 5.32 Å². The molecule has 0 aromatic heterocycles. The maximum atomic E-state index is 11.8.